The van der Waals surface area contributed by atoms with Crippen molar-refractivity contribution in [2.75, 3.05) is 11.1 Å². The van der Waals surface area contributed by atoms with Crippen LogP contribution in [0.3, 0.4) is 0 Å². The fraction of sp³-hybridized carbons (Fsp3) is 0.118. The summed E-state index contributed by atoms with van der Waals surface area (Å²) in [6.45, 7) is 0. The smallest absolute Gasteiger partial charge is 0.238 e. The van der Waals surface area contributed by atoms with Gasteiger partial charge in [-0.3, -0.25) is 4.79 Å². The summed E-state index contributed by atoms with van der Waals surface area (Å²) in [5.41, 5.74) is 1.34. The maximum absolute atomic E-state index is 12.1. The van der Waals surface area contributed by atoms with Crippen LogP contribution in [0, 0.1) is 0 Å². The first kappa shape index (κ1) is 20.3. The predicted molar refractivity (Wildman–Crippen MR) is 109 cm³/mol. The third-order valence-corrected chi connectivity index (χ3v) is 5.94. The number of aromatic nitrogens is 3. The number of amides is 1. The van der Waals surface area contributed by atoms with Crippen LogP contribution in [0.25, 0.3) is 11.4 Å². The van der Waals surface area contributed by atoms with Gasteiger partial charge in [0, 0.05) is 23.3 Å². The van der Waals surface area contributed by atoms with Gasteiger partial charge < -0.3 is 9.88 Å². The number of halogens is 1. The van der Waals surface area contributed by atoms with Gasteiger partial charge in [-0.05, 0) is 48.5 Å². The van der Waals surface area contributed by atoms with Gasteiger partial charge in [-0.25, -0.2) is 13.6 Å². The lowest BCUT2D eigenvalue weighted by Crippen LogP contribution is -2.15. The van der Waals surface area contributed by atoms with Crippen LogP contribution in [-0.4, -0.2) is 34.8 Å². The number of hydrogen-bond donors (Lipinski definition) is 2. The molecule has 0 atom stereocenters. The molecule has 1 aromatic heterocycles. The average molecular weight is 438 g/mol. The number of anilines is 1. The van der Waals surface area contributed by atoms with Crippen molar-refractivity contribution in [1.82, 2.24) is 14.8 Å². The second-order valence-corrected chi connectivity index (χ2v) is 8.72. The van der Waals surface area contributed by atoms with Gasteiger partial charge in [0.2, 0.25) is 15.9 Å². The number of carbonyl (C=O) groups is 1. The van der Waals surface area contributed by atoms with Crippen molar-refractivity contribution in [1.29, 1.82) is 0 Å². The summed E-state index contributed by atoms with van der Waals surface area (Å²) in [7, 11) is -1.95. The van der Waals surface area contributed by atoms with E-state index in [1.165, 1.54) is 36.0 Å². The second kappa shape index (κ2) is 8.31. The standard InChI is InChI=1S/C17H16ClN5O3S2/c1-23-16(11-2-4-12(18)5-3-11)21-22-17(23)27-10-15(24)20-13-6-8-14(9-7-13)28(19,25)26/h2-9H,10H2,1H3,(H,20,24)(H2,19,25,26). The number of hydrogen-bond acceptors (Lipinski definition) is 6. The zero-order valence-corrected chi connectivity index (χ0v) is 17.1. The van der Waals surface area contributed by atoms with Gasteiger partial charge >= 0.3 is 0 Å². The fourth-order valence-electron chi connectivity index (χ4n) is 2.35. The van der Waals surface area contributed by atoms with Gasteiger partial charge in [-0.15, -0.1) is 10.2 Å². The highest BCUT2D eigenvalue weighted by Gasteiger charge is 2.13. The van der Waals surface area contributed by atoms with Crippen LogP contribution in [0.2, 0.25) is 5.02 Å². The molecule has 0 radical (unpaired) electrons. The average Bonchev–Trinajstić information content (AvgIpc) is 3.01. The van der Waals surface area contributed by atoms with Gasteiger partial charge in [-0.2, -0.15) is 0 Å². The number of nitrogens with zero attached hydrogens (tertiary/aromatic N) is 3. The van der Waals surface area contributed by atoms with Crippen molar-refractivity contribution in [3.05, 3.63) is 53.6 Å². The zero-order valence-electron chi connectivity index (χ0n) is 14.7. The van der Waals surface area contributed by atoms with Crippen LogP contribution < -0.4 is 10.5 Å². The zero-order chi connectivity index (χ0) is 20.3. The highest BCUT2D eigenvalue weighted by Crippen LogP contribution is 2.24. The molecule has 3 N–H and O–H groups in total. The highest BCUT2D eigenvalue weighted by molar-refractivity contribution is 7.99. The highest BCUT2D eigenvalue weighted by atomic mass is 35.5. The van der Waals surface area contributed by atoms with Crippen molar-refractivity contribution < 1.29 is 13.2 Å². The van der Waals surface area contributed by atoms with E-state index in [0.717, 1.165) is 5.56 Å². The number of nitrogens with two attached hydrogens (primary N) is 1. The van der Waals surface area contributed by atoms with E-state index >= 15 is 0 Å². The van der Waals surface area contributed by atoms with Crippen molar-refractivity contribution in [3.63, 3.8) is 0 Å². The van der Waals surface area contributed by atoms with Gasteiger partial charge in [0.15, 0.2) is 11.0 Å². The van der Waals surface area contributed by atoms with E-state index < -0.39 is 10.0 Å². The SMILES string of the molecule is Cn1c(SCC(=O)Nc2ccc(S(N)(=O)=O)cc2)nnc1-c1ccc(Cl)cc1. The Hall–Kier alpha value is -2.40. The molecular weight excluding hydrogens is 422 g/mol. The fourth-order valence-corrected chi connectivity index (χ4v) is 3.70. The molecular formula is C17H16ClN5O3S2. The summed E-state index contributed by atoms with van der Waals surface area (Å²) in [5, 5.41) is 17.2. The van der Waals surface area contributed by atoms with Gasteiger partial charge in [0.25, 0.3) is 0 Å². The van der Waals surface area contributed by atoms with Crippen LogP contribution in [0.1, 0.15) is 0 Å². The summed E-state index contributed by atoms with van der Waals surface area (Å²) in [6.07, 6.45) is 0. The molecule has 0 bridgehead atoms. The molecule has 3 rings (SSSR count). The number of thioether (sulfide) groups is 1. The van der Waals surface area contributed by atoms with Crippen LogP contribution >= 0.6 is 23.4 Å². The molecule has 2 aromatic carbocycles. The van der Waals surface area contributed by atoms with Gasteiger partial charge in [0.1, 0.15) is 0 Å². The van der Waals surface area contributed by atoms with Crippen LogP contribution in [0.5, 0.6) is 0 Å². The molecule has 8 nitrogen and oxygen atoms in total. The number of sulfonamides is 1. The first-order chi connectivity index (χ1) is 13.2. The molecule has 0 aliphatic rings. The minimum atomic E-state index is -3.76. The van der Waals surface area contributed by atoms with Crippen molar-refractivity contribution in [2.45, 2.75) is 10.1 Å². The molecule has 0 aliphatic carbocycles. The van der Waals surface area contributed by atoms with E-state index in [4.69, 9.17) is 16.7 Å². The Morgan fingerprint density at radius 2 is 1.79 bits per heavy atom. The molecule has 0 spiro atoms. The summed E-state index contributed by atoms with van der Waals surface area (Å²) < 4.78 is 24.3. The maximum atomic E-state index is 12.1. The van der Waals surface area contributed by atoms with E-state index in [0.29, 0.717) is 21.7 Å². The number of benzene rings is 2. The largest absolute Gasteiger partial charge is 0.325 e. The van der Waals surface area contributed by atoms with Crippen molar-refractivity contribution >= 4 is 45.0 Å². The summed E-state index contributed by atoms with van der Waals surface area (Å²) in [6, 6.07) is 12.8. The lowest BCUT2D eigenvalue weighted by molar-refractivity contribution is -0.113. The Labute approximate surface area is 171 Å². The summed E-state index contributed by atoms with van der Waals surface area (Å²) >= 11 is 7.13. The molecule has 0 aliphatic heterocycles. The molecule has 11 heteroatoms. The Bertz CT molecular complexity index is 1100. The number of nitrogens with one attached hydrogen (secondary N) is 1. The molecule has 3 aromatic rings. The van der Waals surface area contributed by atoms with Crippen molar-refractivity contribution in [3.8, 4) is 11.4 Å². The summed E-state index contributed by atoms with van der Waals surface area (Å²) in [5.74, 6) is 0.520. The third-order valence-electron chi connectivity index (χ3n) is 3.74. The number of rotatable bonds is 6. The van der Waals surface area contributed by atoms with E-state index in [1.54, 1.807) is 16.7 Å². The second-order valence-electron chi connectivity index (χ2n) is 5.78. The molecule has 146 valence electrons. The Balaban J connectivity index is 1.61. The first-order valence-electron chi connectivity index (χ1n) is 7.95. The molecule has 0 fully saturated rings. The predicted octanol–water partition coefficient (Wildman–Crippen LogP) is 2.51. The monoisotopic (exact) mass is 437 g/mol. The molecule has 1 amide bonds. The molecule has 28 heavy (non-hydrogen) atoms. The topological polar surface area (TPSA) is 120 Å². The van der Waals surface area contributed by atoms with E-state index in [9.17, 15) is 13.2 Å². The Morgan fingerprint density at radius 3 is 2.39 bits per heavy atom. The Kier molecular flexibility index (Phi) is 6.04. The lowest BCUT2D eigenvalue weighted by Gasteiger charge is -2.06. The van der Waals surface area contributed by atoms with Crippen LogP contribution in [0.4, 0.5) is 5.69 Å². The Morgan fingerprint density at radius 1 is 1.14 bits per heavy atom. The minimum Gasteiger partial charge on any atom is -0.325 e. The number of primary sulfonamides is 1. The van der Waals surface area contributed by atoms with Gasteiger partial charge in [0.05, 0.1) is 10.6 Å². The minimum absolute atomic E-state index is 0.0197. The van der Waals surface area contributed by atoms with Crippen LogP contribution in [0.15, 0.2) is 58.6 Å². The molecule has 0 saturated carbocycles. The van der Waals surface area contributed by atoms with Gasteiger partial charge in [-0.1, -0.05) is 23.4 Å². The van der Waals surface area contributed by atoms with Crippen molar-refractivity contribution in [2.24, 2.45) is 12.2 Å². The molecule has 0 saturated heterocycles. The summed E-state index contributed by atoms with van der Waals surface area (Å²) in [4.78, 5) is 12.1. The third kappa shape index (κ3) is 4.90. The maximum Gasteiger partial charge on any atom is 0.238 e. The quantitative estimate of drug-likeness (QED) is 0.571. The lowest BCUT2D eigenvalue weighted by atomic mass is 10.2. The normalized spacial score (nSPS) is 11.4. The number of carbonyl (C=O) groups excluding carboxylic acids is 1. The molecule has 0 unspecified atom stereocenters. The van der Waals surface area contributed by atoms with E-state index in [1.807, 2.05) is 19.2 Å². The van der Waals surface area contributed by atoms with Crippen LogP contribution in [-0.2, 0) is 21.9 Å². The van der Waals surface area contributed by atoms with E-state index in [-0.39, 0.29) is 16.6 Å². The molecule has 1 heterocycles. The first-order valence-corrected chi connectivity index (χ1v) is 10.9. The van der Waals surface area contributed by atoms with E-state index in [2.05, 4.69) is 15.5 Å².